The fourth-order valence-corrected chi connectivity index (χ4v) is 2.19. The molecular weight excluding hydrogens is 212 g/mol. The topological polar surface area (TPSA) is 46.3 Å². The molecule has 0 bridgehead atoms. The maximum Gasteiger partial charge on any atom is 0.227 e. The minimum atomic E-state index is 0.168. The van der Waals surface area contributed by atoms with E-state index in [1.807, 2.05) is 17.0 Å². The van der Waals surface area contributed by atoms with Crippen LogP contribution in [0.15, 0.2) is 24.3 Å². The van der Waals surface area contributed by atoms with Gasteiger partial charge in [0.25, 0.3) is 0 Å². The van der Waals surface area contributed by atoms with Gasteiger partial charge in [-0.25, -0.2) is 0 Å². The van der Waals surface area contributed by atoms with Crippen LogP contribution in [0, 0.1) is 0 Å². The fraction of sp³-hybridized carbons (Fsp3) is 0.500. The number of carbonyl (C=O) groups excluding carboxylic acids is 1. The van der Waals surface area contributed by atoms with Gasteiger partial charge in [0.15, 0.2) is 0 Å². The van der Waals surface area contributed by atoms with E-state index in [0.717, 1.165) is 24.9 Å². The molecule has 2 rings (SSSR count). The smallest absolute Gasteiger partial charge is 0.227 e. The van der Waals surface area contributed by atoms with Crippen LogP contribution in [0.1, 0.15) is 24.5 Å². The lowest BCUT2D eigenvalue weighted by atomic mass is 10.1. The zero-order chi connectivity index (χ0) is 12.3. The van der Waals surface area contributed by atoms with Gasteiger partial charge in [0.2, 0.25) is 5.91 Å². The van der Waals surface area contributed by atoms with Gasteiger partial charge in [0.05, 0.1) is 6.42 Å². The van der Waals surface area contributed by atoms with Crippen molar-refractivity contribution in [2.75, 3.05) is 13.1 Å². The van der Waals surface area contributed by atoms with E-state index >= 15 is 0 Å². The summed E-state index contributed by atoms with van der Waals surface area (Å²) in [6, 6.07) is 8.46. The predicted molar refractivity (Wildman–Crippen MR) is 68.7 cm³/mol. The van der Waals surface area contributed by atoms with Crippen molar-refractivity contribution in [2.24, 2.45) is 5.73 Å². The highest BCUT2D eigenvalue weighted by Crippen LogP contribution is 2.11. The molecule has 0 aromatic heterocycles. The van der Waals surface area contributed by atoms with Crippen molar-refractivity contribution in [3.8, 4) is 0 Å². The molecule has 92 valence electrons. The van der Waals surface area contributed by atoms with E-state index in [-0.39, 0.29) is 11.9 Å². The first-order valence-corrected chi connectivity index (χ1v) is 6.30. The molecule has 1 amide bonds. The number of nitrogens with zero attached hydrogens (tertiary/aromatic N) is 1. The Morgan fingerprint density at radius 2 is 2.00 bits per heavy atom. The van der Waals surface area contributed by atoms with E-state index in [1.54, 1.807) is 0 Å². The van der Waals surface area contributed by atoms with E-state index < -0.39 is 0 Å². The van der Waals surface area contributed by atoms with Gasteiger partial charge in [0, 0.05) is 19.1 Å². The molecule has 1 saturated heterocycles. The third kappa shape index (κ3) is 3.07. The Kier molecular flexibility index (Phi) is 3.79. The molecule has 1 heterocycles. The van der Waals surface area contributed by atoms with Crippen LogP contribution < -0.4 is 5.73 Å². The lowest BCUT2D eigenvalue weighted by Crippen LogP contribution is -2.32. The Morgan fingerprint density at radius 3 is 2.53 bits per heavy atom. The van der Waals surface area contributed by atoms with Crippen molar-refractivity contribution in [1.82, 2.24) is 4.90 Å². The van der Waals surface area contributed by atoms with Gasteiger partial charge in [-0.15, -0.1) is 0 Å². The highest BCUT2D eigenvalue weighted by Gasteiger charge is 2.23. The number of hydrogen-bond acceptors (Lipinski definition) is 2. The Hall–Kier alpha value is -1.35. The fourth-order valence-electron chi connectivity index (χ4n) is 2.19. The first-order valence-electron chi connectivity index (χ1n) is 6.30. The highest BCUT2D eigenvalue weighted by atomic mass is 16.2. The molecule has 0 unspecified atom stereocenters. The molecule has 0 radical (unpaired) electrons. The number of hydrogen-bond donors (Lipinski definition) is 1. The van der Waals surface area contributed by atoms with Crippen LogP contribution in [0.4, 0.5) is 0 Å². The molecule has 1 fully saturated rings. The molecule has 0 aliphatic carbocycles. The summed E-state index contributed by atoms with van der Waals surface area (Å²) >= 11 is 0. The number of rotatable bonds is 3. The monoisotopic (exact) mass is 232 g/mol. The number of likely N-dealkylation sites (tertiary alicyclic amines) is 1. The summed E-state index contributed by atoms with van der Waals surface area (Å²) in [6.07, 6.45) is 2.46. The molecule has 3 nitrogen and oxygen atoms in total. The predicted octanol–water partition coefficient (Wildman–Crippen LogP) is 1.35. The highest BCUT2D eigenvalue weighted by molar-refractivity contribution is 5.79. The largest absolute Gasteiger partial charge is 0.341 e. The van der Waals surface area contributed by atoms with Gasteiger partial charge in [-0.2, -0.15) is 0 Å². The average molecular weight is 232 g/mol. The second-order valence-electron chi connectivity index (χ2n) is 4.74. The molecule has 3 heteroatoms. The third-order valence-electron chi connectivity index (χ3n) is 3.36. The third-order valence-corrected chi connectivity index (χ3v) is 3.36. The SMILES string of the molecule is CCc1ccc(CC(=O)N2CC[C@@H](N)C2)cc1. The van der Waals surface area contributed by atoms with Crippen molar-refractivity contribution in [2.45, 2.75) is 32.2 Å². The average Bonchev–Trinajstić information content (AvgIpc) is 2.77. The lowest BCUT2D eigenvalue weighted by Gasteiger charge is -2.15. The van der Waals surface area contributed by atoms with Crippen LogP contribution in [0.5, 0.6) is 0 Å². The van der Waals surface area contributed by atoms with E-state index in [1.165, 1.54) is 5.56 Å². The van der Waals surface area contributed by atoms with Crippen LogP contribution in [0.2, 0.25) is 0 Å². The molecule has 1 aromatic carbocycles. The van der Waals surface area contributed by atoms with Gasteiger partial charge in [0.1, 0.15) is 0 Å². The standard InChI is InChI=1S/C14H20N2O/c1-2-11-3-5-12(6-4-11)9-14(17)16-8-7-13(15)10-16/h3-6,13H,2,7-10,15H2,1H3/t13-/m1/s1. The molecule has 1 aromatic rings. The summed E-state index contributed by atoms with van der Waals surface area (Å²) in [7, 11) is 0. The first kappa shape index (κ1) is 12.1. The van der Waals surface area contributed by atoms with Crippen LogP contribution in [-0.4, -0.2) is 29.9 Å². The molecule has 1 aliphatic rings. The van der Waals surface area contributed by atoms with Gasteiger partial charge >= 0.3 is 0 Å². The van der Waals surface area contributed by atoms with Crippen LogP contribution >= 0.6 is 0 Å². The Morgan fingerprint density at radius 1 is 1.35 bits per heavy atom. The Balaban J connectivity index is 1.93. The van der Waals surface area contributed by atoms with Gasteiger partial charge in [-0.05, 0) is 24.0 Å². The van der Waals surface area contributed by atoms with Crippen molar-refractivity contribution in [1.29, 1.82) is 0 Å². The number of aryl methyl sites for hydroxylation is 1. The van der Waals surface area contributed by atoms with E-state index in [4.69, 9.17) is 5.73 Å². The second kappa shape index (κ2) is 5.32. The van der Waals surface area contributed by atoms with Gasteiger partial charge in [-0.3, -0.25) is 4.79 Å². The normalized spacial score (nSPS) is 19.6. The summed E-state index contributed by atoms with van der Waals surface area (Å²) in [5.41, 5.74) is 8.20. The number of nitrogens with two attached hydrogens (primary N) is 1. The minimum absolute atomic E-state index is 0.168. The number of carbonyl (C=O) groups is 1. The summed E-state index contributed by atoms with van der Waals surface area (Å²) in [6.45, 7) is 3.66. The van der Waals surface area contributed by atoms with Crippen molar-refractivity contribution < 1.29 is 4.79 Å². The minimum Gasteiger partial charge on any atom is -0.341 e. The summed E-state index contributed by atoms with van der Waals surface area (Å²) in [5, 5.41) is 0. The summed E-state index contributed by atoms with van der Waals surface area (Å²) in [4.78, 5) is 13.9. The molecule has 17 heavy (non-hydrogen) atoms. The Labute approximate surface area is 103 Å². The molecule has 0 spiro atoms. The maximum absolute atomic E-state index is 12.0. The molecule has 0 saturated carbocycles. The van der Waals surface area contributed by atoms with E-state index in [0.29, 0.717) is 13.0 Å². The van der Waals surface area contributed by atoms with Crippen LogP contribution in [0.25, 0.3) is 0 Å². The van der Waals surface area contributed by atoms with Crippen LogP contribution in [0.3, 0.4) is 0 Å². The molecule has 1 atom stereocenters. The molecular formula is C14H20N2O. The first-order chi connectivity index (χ1) is 8.19. The van der Waals surface area contributed by atoms with Gasteiger partial charge < -0.3 is 10.6 Å². The summed E-state index contributed by atoms with van der Waals surface area (Å²) < 4.78 is 0. The van der Waals surface area contributed by atoms with Crippen LogP contribution in [-0.2, 0) is 17.6 Å². The lowest BCUT2D eigenvalue weighted by molar-refractivity contribution is -0.129. The van der Waals surface area contributed by atoms with Crippen molar-refractivity contribution >= 4 is 5.91 Å². The number of amides is 1. The molecule has 1 aliphatic heterocycles. The Bertz CT molecular complexity index is 386. The van der Waals surface area contributed by atoms with Crippen molar-refractivity contribution in [3.63, 3.8) is 0 Å². The van der Waals surface area contributed by atoms with Crippen molar-refractivity contribution in [3.05, 3.63) is 35.4 Å². The molecule has 2 N–H and O–H groups in total. The second-order valence-corrected chi connectivity index (χ2v) is 4.74. The quantitative estimate of drug-likeness (QED) is 0.855. The number of benzene rings is 1. The summed E-state index contributed by atoms with van der Waals surface area (Å²) in [5.74, 6) is 0.196. The van der Waals surface area contributed by atoms with Gasteiger partial charge in [-0.1, -0.05) is 31.2 Å². The zero-order valence-electron chi connectivity index (χ0n) is 10.4. The van der Waals surface area contributed by atoms with E-state index in [2.05, 4.69) is 19.1 Å². The maximum atomic E-state index is 12.0. The van der Waals surface area contributed by atoms with E-state index in [9.17, 15) is 4.79 Å². The zero-order valence-corrected chi connectivity index (χ0v) is 10.4.